The third-order valence-corrected chi connectivity index (χ3v) is 1.03. The molecule has 0 fully saturated rings. The lowest BCUT2D eigenvalue weighted by atomic mass is 10.2. The van der Waals surface area contributed by atoms with Crippen LogP contribution >= 0.6 is 23.2 Å². The summed E-state index contributed by atoms with van der Waals surface area (Å²) in [5, 5.41) is 0.0722. The number of hydrogen-bond donors (Lipinski definition) is 0. The minimum Gasteiger partial charge on any atom is -0.119 e. The van der Waals surface area contributed by atoms with Crippen LogP contribution in [0.15, 0.2) is 12.2 Å². The molecular weight excluding hydrogens is 155 g/mol. The predicted octanol–water partition coefficient (Wildman–Crippen LogP) is 3.19. The molecule has 0 N–H and O–H groups in total. The van der Waals surface area contributed by atoms with Crippen LogP contribution in [0.2, 0.25) is 0 Å². The van der Waals surface area contributed by atoms with Gasteiger partial charge >= 0.3 is 0 Å². The second kappa shape index (κ2) is 3.48. The molecule has 0 aromatic carbocycles. The maximum Gasteiger partial charge on any atom is 0.0570 e. The Morgan fingerprint density at radius 3 is 2.00 bits per heavy atom. The molecule has 0 heterocycles. The molecule has 0 radical (unpaired) electrons. The molecule has 0 saturated carbocycles. The normalized spacial score (nSPS) is 16.6. The Balaban J connectivity index is 3.71. The molecule has 0 nitrogen and oxygen atoms in total. The number of halogens is 2. The molecule has 1 atom stereocenters. The Labute approximate surface area is 66.8 Å². The van der Waals surface area contributed by atoms with Crippen molar-refractivity contribution in [3.63, 3.8) is 0 Å². The van der Waals surface area contributed by atoms with E-state index < -0.39 is 0 Å². The Hall–Kier alpha value is 0.320. The summed E-state index contributed by atoms with van der Waals surface area (Å²) >= 11 is 11.5. The van der Waals surface area contributed by atoms with E-state index in [0.717, 1.165) is 0 Å². The average Bonchev–Trinajstić information content (AvgIpc) is 1.59. The summed E-state index contributed by atoms with van der Waals surface area (Å²) in [6.45, 7) is 5.75. The van der Waals surface area contributed by atoms with Gasteiger partial charge in [0.25, 0.3) is 0 Å². The zero-order valence-corrected chi connectivity index (χ0v) is 7.50. The van der Waals surface area contributed by atoms with Gasteiger partial charge in [-0.1, -0.05) is 12.2 Å². The zero-order valence-electron chi connectivity index (χ0n) is 5.99. The molecule has 9 heavy (non-hydrogen) atoms. The van der Waals surface area contributed by atoms with Crippen molar-refractivity contribution in [3.8, 4) is 0 Å². The monoisotopic (exact) mass is 166 g/mol. The maximum absolute atomic E-state index is 5.83. The van der Waals surface area contributed by atoms with Crippen LogP contribution < -0.4 is 0 Å². The first kappa shape index (κ1) is 9.32. The van der Waals surface area contributed by atoms with E-state index in [4.69, 9.17) is 23.2 Å². The van der Waals surface area contributed by atoms with E-state index in [1.54, 1.807) is 0 Å². The van der Waals surface area contributed by atoms with E-state index in [1.807, 2.05) is 32.9 Å². The molecule has 0 saturated heterocycles. The molecule has 0 bridgehead atoms. The molecule has 0 aliphatic heterocycles. The van der Waals surface area contributed by atoms with Gasteiger partial charge in [-0.3, -0.25) is 0 Å². The molecule has 0 aliphatic carbocycles. The quantitative estimate of drug-likeness (QED) is 0.437. The molecule has 54 valence electrons. The fourth-order valence-electron chi connectivity index (χ4n) is 0.361. The third kappa shape index (κ3) is 8.32. The van der Waals surface area contributed by atoms with Crippen molar-refractivity contribution in [2.24, 2.45) is 0 Å². The van der Waals surface area contributed by atoms with Gasteiger partial charge in [0.2, 0.25) is 0 Å². The highest BCUT2D eigenvalue weighted by molar-refractivity contribution is 6.25. The maximum atomic E-state index is 5.83. The van der Waals surface area contributed by atoms with E-state index in [0.29, 0.717) is 0 Å². The first-order valence-electron chi connectivity index (χ1n) is 2.94. The summed E-state index contributed by atoms with van der Waals surface area (Å²) in [5.74, 6) is 0. The van der Waals surface area contributed by atoms with Gasteiger partial charge in [-0.25, -0.2) is 0 Å². The van der Waals surface area contributed by atoms with Crippen LogP contribution in [0.25, 0.3) is 0 Å². The Kier molecular flexibility index (Phi) is 3.60. The number of allylic oxidation sites excluding steroid dienone is 2. The standard InChI is InChI=1S/C7H12Cl2/c1-6(8)4-5-7(2,3)9/h4-6H,1-3H3. The molecule has 0 amide bonds. The van der Waals surface area contributed by atoms with Gasteiger partial charge < -0.3 is 0 Å². The van der Waals surface area contributed by atoms with Gasteiger partial charge in [0, 0.05) is 5.38 Å². The summed E-state index contributed by atoms with van der Waals surface area (Å²) in [6.07, 6.45) is 3.78. The van der Waals surface area contributed by atoms with Crippen molar-refractivity contribution in [1.82, 2.24) is 0 Å². The molecule has 0 spiro atoms. The summed E-state index contributed by atoms with van der Waals surface area (Å²) < 4.78 is 0. The highest BCUT2D eigenvalue weighted by Gasteiger charge is 2.06. The third-order valence-electron chi connectivity index (χ3n) is 0.758. The molecule has 0 rings (SSSR count). The van der Waals surface area contributed by atoms with Crippen LogP contribution in [-0.2, 0) is 0 Å². The van der Waals surface area contributed by atoms with Crippen LogP contribution in [0.5, 0.6) is 0 Å². The Morgan fingerprint density at radius 2 is 1.89 bits per heavy atom. The van der Waals surface area contributed by atoms with Crippen LogP contribution in [0.3, 0.4) is 0 Å². The van der Waals surface area contributed by atoms with E-state index in [1.165, 1.54) is 0 Å². The van der Waals surface area contributed by atoms with E-state index in [-0.39, 0.29) is 10.3 Å². The average molecular weight is 167 g/mol. The smallest absolute Gasteiger partial charge is 0.0570 e. The number of hydrogen-bond acceptors (Lipinski definition) is 0. The number of alkyl halides is 2. The molecule has 0 aromatic heterocycles. The molecule has 2 heteroatoms. The first-order chi connectivity index (χ1) is 3.92. The second-order valence-corrected chi connectivity index (χ2v) is 4.26. The van der Waals surface area contributed by atoms with Crippen molar-refractivity contribution >= 4 is 23.2 Å². The largest absolute Gasteiger partial charge is 0.119 e. The zero-order chi connectivity index (χ0) is 7.49. The predicted molar refractivity (Wildman–Crippen MR) is 44.4 cm³/mol. The van der Waals surface area contributed by atoms with E-state index in [9.17, 15) is 0 Å². The molecule has 0 aromatic rings. The second-order valence-electron chi connectivity index (χ2n) is 2.60. The van der Waals surface area contributed by atoms with Crippen LogP contribution in [-0.4, -0.2) is 10.3 Å². The topological polar surface area (TPSA) is 0 Å². The molecular formula is C7H12Cl2. The van der Waals surface area contributed by atoms with Crippen molar-refractivity contribution in [1.29, 1.82) is 0 Å². The van der Waals surface area contributed by atoms with Crippen molar-refractivity contribution in [2.75, 3.05) is 0 Å². The van der Waals surface area contributed by atoms with Crippen LogP contribution in [0.4, 0.5) is 0 Å². The lowest BCUT2D eigenvalue weighted by Crippen LogP contribution is -2.04. The molecule has 0 aliphatic rings. The SMILES string of the molecule is CC(Cl)C=CC(C)(C)Cl. The van der Waals surface area contributed by atoms with Gasteiger partial charge in [0.1, 0.15) is 0 Å². The Bertz CT molecular complexity index is 98.0. The van der Waals surface area contributed by atoms with Gasteiger partial charge in [0.15, 0.2) is 0 Å². The van der Waals surface area contributed by atoms with Gasteiger partial charge in [-0.15, -0.1) is 23.2 Å². The van der Waals surface area contributed by atoms with Crippen molar-refractivity contribution in [2.45, 2.75) is 31.0 Å². The van der Waals surface area contributed by atoms with Crippen molar-refractivity contribution in [3.05, 3.63) is 12.2 Å². The molecule has 1 unspecified atom stereocenters. The Morgan fingerprint density at radius 1 is 1.44 bits per heavy atom. The highest BCUT2D eigenvalue weighted by atomic mass is 35.5. The van der Waals surface area contributed by atoms with Crippen LogP contribution in [0, 0.1) is 0 Å². The fourth-order valence-corrected chi connectivity index (χ4v) is 0.507. The first-order valence-corrected chi connectivity index (χ1v) is 3.75. The summed E-state index contributed by atoms with van der Waals surface area (Å²) in [5.41, 5.74) is 0. The van der Waals surface area contributed by atoms with Gasteiger partial charge in [0.05, 0.1) is 4.87 Å². The fraction of sp³-hybridized carbons (Fsp3) is 0.714. The van der Waals surface area contributed by atoms with Gasteiger partial charge in [-0.2, -0.15) is 0 Å². The summed E-state index contributed by atoms with van der Waals surface area (Å²) in [7, 11) is 0. The van der Waals surface area contributed by atoms with E-state index >= 15 is 0 Å². The summed E-state index contributed by atoms with van der Waals surface area (Å²) in [4.78, 5) is -0.261. The highest BCUT2D eigenvalue weighted by Crippen LogP contribution is 2.14. The lowest BCUT2D eigenvalue weighted by molar-refractivity contribution is 0.876. The minimum atomic E-state index is -0.261. The van der Waals surface area contributed by atoms with Crippen LogP contribution in [0.1, 0.15) is 20.8 Å². The minimum absolute atomic E-state index is 0.0722. The number of rotatable bonds is 2. The lowest BCUT2D eigenvalue weighted by Gasteiger charge is -2.08. The van der Waals surface area contributed by atoms with Gasteiger partial charge in [-0.05, 0) is 20.8 Å². The van der Waals surface area contributed by atoms with Crippen molar-refractivity contribution < 1.29 is 0 Å². The summed E-state index contributed by atoms with van der Waals surface area (Å²) in [6, 6.07) is 0. The van der Waals surface area contributed by atoms with E-state index in [2.05, 4.69) is 0 Å².